The largest absolute Gasteiger partial charge is 0.379 e. The zero-order valence-corrected chi connectivity index (χ0v) is 11.1. The van der Waals surface area contributed by atoms with Crippen LogP contribution in [-0.4, -0.2) is 46.2 Å². The molecule has 18 heavy (non-hydrogen) atoms. The highest BCUT2D eigenvalue weighted by Crippen LogP contribution is 2.34. The van der Waals surface area contributed by atoms with Gasteiger partial charge >= 0.3 is 0 Å². The minimum absolute atomic E-state index is 0.0350. The van der Waals surface area contributed by atoms with Crippen molar-refractivity contribution in [2.24, 2.45) is 5.73 Å². The molecule has 0 spiro atoms. The predicted molar refractivity (Wildman–Crippen MR) is 65.5 cm³/mol. The standard InChI is InChI=1S/C10H15N5O2S/c1-10(5-17-3-6(10)11)8-14-15-7(4-16-2)12-13-9(15)18-8/h6H,3-5,11H2,1-2H3. The molecule has 2 unspecified atom stereocenters. The highest BCUT2D eigenvalue weighted by molar-refractivity contribution is 7.16. The molecule has 8 heteroatoms. The second-order valence-electron chi connectivity index (χ2n) is 4.69. The molecule has 0 saturated carbocycles. The third-order valence-corrected chi connectivity index (χ3v) is 4.51. The topological polar surface area (TPSA) is 87.6 Å². The van der Waals surface area contributed by atoms with Crippen LogP contribution in [0.15, 0.2) is 0 Å². The van der Waals surface area contributed by atoms with E-state index in [9.17, 15) is 0 Å². The maximum atomic E-state index is 6.10. The van der Waals surface area contributed by atoms with Crippen LogP contribution in [0.25, 0.3) is 4.96 Å². The van der Waals surface area contributed by atoms with Crippen LogP contribution in [0.5, 0.6) is 0 Å². The molecule has 1 aliphatic rings. The van der Waals surface area contributed by atoms with Crippen molar-refractivity contribution in [1.29, 1.82) is 0 Å². The minimum Gasteiger partial charge on any atom is -0.379 e. The van der Waals surface area contributed by atoms with E-state index in [0.29, 0.717) is 25.6 Å². The smallest absolute Gasteiger partial charge is 0.234 e. The molecule has 0 aromatic carbocycles. The van der Waals surface area contributed by atoms with Crippen molar-refractivity contribution in [1.82, 2.24) is 19.8 Å². The monoisotopic (exact) mass is 269 g/mol. The van der Waals surface area contributed by atoms with E-state index < -0.39 is 0 Å². The van der Waals surface area contributed by atoms with Crippen molar-refractivity contribution in [2.45, 2.75) is 25.0 Å². The number of nitrogens with two attached hydrogens (primary N) is 1. The molecule has 0 aliphatic carbocycles. The van der Waals surface area contributed by atoms with E-state index in [1.807, 2.05) is 0 Å². The zero-order valence-electron chi connectivity index (χ0n) is 10.3. The van der Waals surface area contributed by atoms with Crippen molar-refractivity contribution in [3.63, 3.8) is 0 Å². The van der Waals surface area contributed by atoms with Crippen molar-refractivity contribution < 1.29 is 9.47 Å². The Balaban J connectivity index is 2.03. The molecule has 2 aromatic rings. The molecule has 2 N–H and O–H groups in total. The Labute approximate surface area is 108 Å². The molecule has 7 nitrogen and oxygen atoms in total. The van der Waals surface area contributed by atoms with Crippen molar-refractivity contribution >= 4 is 16.3 Å². The van der Waals surface area contributed by atoms with Gasteiger partial charge in [0.1, 0.15) is 11.6 Å². The summed E-state index contributed by atoms with van der Waals surface area (Å²) in [6.45, 7) is 3.63. The maximum absolute atomic E-state index is 6.10. The van der Waals surface area contributed by atoms with E-state index >= 15 is 0 Å². The van der Waals surface area contributed by atoms with Gasteiger partial charge in [-0.15, -0.1) is 10.2 Å². The van der Waals surface area contributed by atoms with Gasteiger partial charge in [-0.2, -0.15) is 9.61 Å². The maximum Gasteiger partial charge on any atom is 0.234 e. The number of methoxy groups -OCH3 is 1. The molecule has 98 valence electrons. The van der Waals surface area contributed by atoms with Gasteiger partial charge in [0.2, 0.25) is 4.96 Å². The molecule has 1 saturated heterocycles. The molecule has 3 rings (SSSR count). The number of hydrogen-bond donors (Lipinski definition) is 1. The highest BCUT2D eigenvalue weighted by Gasteiger charge is 2.42. The Morgan fingerprint density at radius 3 is 3.11 bits per heavy atom. The number of rotatable bonds is 3. The summed E-state index contributed by atoms with van der Waals surface area (Å²) in [5.41, 5.74) is 5.86. The lowest BCUT2D eigenvalue weighted by Gasteiger charge is -2.23. The molecule has 2 aromatic heterocycles. The van der Waals surface area contributed by atoms with Crippen molar-refractivity contribution in [3.05, 3.63) is 10.8 Å². The van der Waals surface area contributed by atoms with E-state index in [1.54, 1.807) is 11.6 Å². The van der Waals surface area contributed by atoms with E-state index in [0.717, 1.165) is 9.97 Å². The fourth-order valence-electron chi connectivity index (χ4n) is 2.02. The SMILES string of the molecule is COCc1nnc2sc(C3(C)COCC3N)nn12. The summed E-state index contributed by atoms with van der Waals surface area (Å²) in [6, 6.07) is -0.0350. The van der Waals surface area contributed by atoms with Crippen LogP contribution in [0.2, 0.25) is 0 Å². The highest BCUT2D eigenvalue weighted by atomic mass is 32.1. The van der Waals surface area contributed by atoms with Crippen molar-refractivity contribution in [2.75, 3.05) is 20.3 Å². The van der Waals surface area contributed by atoms with Gasteiger partial charge in [0.05, 0.1) is 18.6 Å². The number of ether oxygens (including phenoxy) is 2. The third kappa shape index (κ3) is 1.64. The van der Waals surface area contributed by atoms with Gasteiger partial charge in [0.25, 0.3) is 0 Å². The molecule has 0 radical (unpaired) electrons. The lowest BCUT2D eigenvalue weighted by atomic mass is 9.87. The van der Waals surface area contributed by atoms with E-state index in [-0.39, 0.29) is 11.5 Å². The molecule has 2 atom stereocenters. The molecule has 1 fully saturated rings. The summed E-state index contributed by atoms with van der Waals surface area (Å²) in [7, 11) is 1.62. The van der Waals surface area contributed by atoms with Gasteiger partial charge < -0.3 is 15.2 Å². The van der Waals surface area contributed by atoms with Gasteiger partial charge in [-0.05, 0) is 6.92 Å². The van der Waals surface area contributed by atoms with Crippen LogP contribution < -0.4 is 5.73 Å². The number of fused-ring (bicyclic) bond motifs is 1. The second-order valence-corrected chi connectivity index (χ2v) is 5.65. The van der Waals surface area contributed by atoms with Crippen LogP contribution in [-0.2, 0) is 21.5 Å². The normalized spacial score (nSPS) is 28.3. The van der Waals surface area contributed by atoms with Crippen LogP contribution in [0.3, 0.4) is 0 Å². The lowest BCUT2D eigenvalue weighted by Crippen LogP contribution is -2.41. The van der Waals surface area contributed by atoms with E-state index in [2.05, 4.69) is 22.2 Å². The summed E-state index contributed by atoms with van der Waals surface area (Å²) in [5.74, 6) is 0.700. The van der Waals surface area contributed by atoms with Gasteiger partial charge in [-0.3, -0.25) is 0 Å². The molecule has 0 bridgehead atoms. The van der Waals surface area contributed by atoms with Crippen LogP contribution >= 0.6 is 11.3 Å². The van der Waals surface area contributed by atoms with Crippen LogP contribution in [0.4, 0.5) is 0 Å². The van der Waals surface area contributed by atoms with Crippen LogP contribution in [0.1, 0.15) is 17.8 Å². The van der Waals surface area contributed by atoms with E-state index in [1.165, 1.54) is 11.3 Å². The Morgan fingerprint density at radius 2 is 2.44 bits per heavy atom. The van der Waals surface area contributed by atoms with Gasteiger partial charge in [-0.1, -0.05) is 11.3 Å². The third-order valence-electron chi connectivity index (χ3n) is 3.34. The quantitative estimate of drug-likeness (QED) is 0.840. The Morgan fingerprint density at radius 1 is 1.61 bits per heavy atom. The average molecular weight is 269 g/mol. The van der Waals surface area contributed by atoms with Crippen molar-refractivity contribution in [3.8, 4) is 0 Å². The fourth-order valence-corrected chi connectivity index (χ4v) is 3.07. The summed E-state index contributed by atoms with van der Waals surface area (Å²) in [4.78, 5) is 0.761. The second kappa shape index (κ2) is 4.23. The summed E-state index contributed by atoms with van der Waals surface area (Å²) in [6.07, 6.45) is 0. The first-order valence-electron chi connectivity index (χ1n) is 5.69. The molecule has 0 amide bonds. The molecular formula is C10H15N5O2S. The van der Waals surface area contributed by atoms with Gasteiger partial charge in [-0.25, -0.2) is 0 Å². The van der Waals surface area contributed by atoms with E-state index in [4.69, 9.17) is 15.2 Å². The first-order chi connectivity index (χ1) is 8.65. The number of hydrogen-bond acceptors (Lipinski definition) is 7. The number of aromatic nitrogens is 4. The molecule has 3 heterocycles. The van der Waals surface area contributed by atoms with Gasteiger partial charge in [0, 0.05) is 13.2 Å². The minimum atomic E-state index is -0.240. The predicted octanol–water partition coefficient (Wildman–Crippen LogP) is -0.0526. The Hall–Kier alpha value is -1.09. The Bertz CT molecular complexity index is 568. The lowest BCUT2D eigenvalue weighted by molar-refractivity contribution is 0.175. The number of nitrogens with zero attached hydrogens (tertiary/aromatic N) is 4. The first kappa shape index (κ1) is 12.0. The molecular weight excluding hydrogens is 254 g/mol. The summed E-state index contributed by atoms with van der Waals surface area (Å²) >= 11 is 1.51. The summed E-state index contributed by atoms with van der Waals surface area (Å²) in [5, 5.41) is 13.6. The van der Waals surface area contributed by atoms with Gasteiger partial charge in [0.15, 0.2) is 5.82 Å². The average Bonchev–Trinajstić information content (AvgIpc) is 2.98. The Kier molecular flexibility index (Phi) is 2.81. The molecule has 1 aliphatic heterocycles. The first-order valence-corrected chi connectivity index (χ1v) is 6.50. The summed E-state index contributed by atoms with van der Waals surface area (Å²) < 4.78 is 12.2. The fraction of sp³-hybridized carbons (Fsp3) is 0.700. The van der Waals surface area contributed by atoms with Crippen LogP contribution in [0, 0.1) is 0 Å². The zero-order chi connectivity index (χ0) is 12.8.